The van der Waals surface area contributed by atoms with E-state index in [2.05, 4.69) is 20.1 Å². The van der Waals surface area contributed by atoms with Gasteiger partial charge in [0.05, 0.1) is 25.2 Å². The van der Waals surface area contributed by atoms with Gasteiger partial charge in [0.15, 0.2) is 17.3 Å². The average Bonchev–Trinajstić information content (AvgIpc) is 3.38. The Kier molecular flexibility index (Phi) is 5.79. The fourth-order valence-corrected chi connectivity index (χ4v) is 3.46. The maximum atomic E-state index is 13.1. The molecule has 1 fully saturated rings. The number of carbonyl (C=O) groups excluding carboxylic acids is 1. The number of rotatable bonds is 6. The van der Waals surface area contributed by atoms with Gasteiger partial charge in [-0.2, -0.15) is 5.10 Å². The predicted octanol–water partition coefficient (Wildman–Crippen LogP) is 0.945. The quantitative estimate of drug-likeness (QED) is 0.401. The second-order valence-electron chi connectivity index (χ2n) is 6.84. The van der Waals surface area contributed by atoms with Crippen molar-refractivity contribution in [3.8, 4) is 17.3 Å². The Morgan fingerprint density at radius 3 is 2.31 bits per heavy atom. The van der Waals surface area contributed by atoms with Gasteiger partial charge in [0.2, 0.25) is 0 Å². The monoisotopic (exact) mass is 440 g/mol. The Hall–Kier alpha value is -4.29. The Morgan fingerprint density at radius 2 is 1.69 bits per heavy atom. The zero-order chi connectivity index (χ0) is 22.7. The molecular weight excluding hydrogens is 420 g/mol. The molecule has 1 aliphatic heterocycles. The second kappa shape index (κ2) is 8.83. The highest BCUT2D eigenvalue weighted by Crippen LogP contribution is 2.35. The molecule has 0 radical (unpaired) electrons. The fourth-order valence-electron chi connectivity index (χ4n) is 3.46. The minimum atomic E-state index is -0.599. The lowest BCUT2D eigenvalue weighted by Gasteiger charge is -2.35. The number of piperazine rings is 1. The highest BCUT2D eigenvalue weighted by Gasteiger charge is 2.30. The Labute approximate surface area is 182 Å². The molecule has 166 valence electrons. The van der Waals surface area contributed by atoms with Crippen LogP contribution in [0.3, 0.4) is 0 Å². The number of nitro groups is 1. The third-order valence-electron chi connectivity index (χ3n) is 5.11. The Bertz CT molecular complexity index is 1130. The summed E-state index contributed by atoms with van der Waals surface area (Å²) in [6.45, 7) is 1.74. The first-order valence-electron chi connectivity index (χ1n) is 9.63. The summed E-state index contributed by atoms with van der Waals surface area (Å²) < 4.78 is 11.9. The van der Waals surface area contributed by atoms with Gasteiger partial charge in [0.25, 0.3) is 11.6 Å². The molecule has 0 bridgehead atoms. The van der Waals surface area contributed by atoms with Crippen LogP contribution in [0.1, 0.15) is 10.4 Å². The molecule has 1 aliphatic rings. The lowest BCUT2D eigenvalue weighted by Crippen LogP contribution is -2.49. The molecule has 0 aliphatic carbocycles. The van der Waals surface area contributed by atoms with Crippen molar-refractivity contribution < 1.29 is 19.2 Å². The van der Waals surface area contributed by atoms with E-state index in [1.54, 1.807) is 17.3 Å². The Balaban J connectivity index is 1.51. The van der Waals surface area contributed by atoms with E-state index in [-0.39, 0.29) is 22.7 Å². The van der Waals surface area contributed by atoms with Crippen molar-refractivity contribution in [3.63, 3.8) is 0 Å². The van der Waals surface area contributed by atoms with Gasteiger partial charge in [-0.1, -0.05) is 0 Å². The lowest BCUT2D eigenvalue weighted by molar-refractivity contribution is -0.385. The van der Waals surface area contributed by atoms with Crippen LogP contribution >= 0.6 is 0 Å². The molecular formula is C19H20N8O5. The lowest BCUT2D eigenvalue weighted by atomic mass is 10.1. The van der Waals surface area contributed by atoms with Crippen LogP contribution in [0.15, 0.2) is 37.2 Å². The highest BCUT2D eigenvalue weighted by atomic mass is 16.6. The van der Waals surface area contributed by atoms with Gasteiger partial charge in [-0.25, -0.2) is 19.6 Å². The summed E-state index contributed by atoms with van der Waals surface area (Å²) >= 11 is 0. The van der Waals surface area contributed by atoms with Crippen LogP contribution in [0.5, 0.6) is 11.5 Å². The van der Waals surface area contributed by atoms with Crippen LogP contribution < -0.4 is 14.4 Å². The van der Waals surface area contributed by atoms with Crippen molar-refractivity contribution in [1.82, 2.24) is 29.6 Å². The normalized spacial score (nSPS) is 13.7. The largest absolute Gasteiger partial charge is 0.493 e. The molecule has 3 aromatic rings. The minimum absolute atomic E-state index is 0.0448. The maximum Gasteiger partial charge on any atom is 0.286 e. The summed E-state index contributed by atoms with van der Waals surface area (Å²) in [5.41, 5.74) is -0.375. The number of benzene rings is 1. The summed E-state index contributed by atoms with van der Waals surface area (Å²) in [7, 11) is 2.79. The molecule has 0 unspecified atom stereocenters. The van der Waals surface area contributed by atoms with Crippen LogP contribution in [0.2, 0.25) is 0 Å². The van der Waals surface area contributed by atoms with Gasteiger partial charge in [0.1, 0.15) is 30.4 Å². The summed E-state index contributed by atoms with van der Waals surface area (Å²) in [6.07, 6.45) is 4.40. The van der Waals surface area contributed by atoms with Crippen molar-refractivity contribution in [2.45, 2.75) is 0 Å². The molecule has 3 heterocycles. The Morgan fingerprint density at radius 1 is 1.00 bits per heavy atom. The van der Waals surface area contributed by atoms with E-state index in [0.717, 1.165) is 0 Å². The molecule has 0 N–H and O–H groups in total. The molecule has 32 heavy (non-hydrogen) atoms. The third-order valence-corrected chi connectivity index (χ3v) is 5.11. The standard InChI is InChI=1S/C19H20N8O5/c1-31-15-7-13(14(27(29)30)8-16(15)32-2)19(28)25-5-3-24(4-6-25)17-9-18(22-11-21-17)26-12-20-10-23-26/h7-12H,3-6H2,1-2H3. The van der Waals surface area contributed by atoms with Crippen molar-refractivity contribution in [2.75, 3.05) is 45.3 Å². The number of nitro benzene ring substituents is 1. The predicted molar refractivity (Wildman–Crippen MR) is 111 cm³/mol. The van der Waals surface area contributed by atoms with Crippen molar-refractivity contribution >= 4 is 17.4 Å². The first-order chi connectivity index (χ1) is 15.5. The molecule has 1 saturated heterocycles. The molecule has 1 aromatic carbocycles. The number of methoxy groups -OCH3 is 2. The average molecular weight is 440 g/mol. The number of aromatic nitrogens is 5. The SMILES string of the molecule is COc1cc(C(=O)N2CCN(c3cc(-n4cncn4)ncn3)CC2)c([N+](=O)[O-])cc1OC. The molecule has 0 spiro atoms. The summed E-state index contributed by atoms with van der Waals surface area (Å²) in [5.74, 6) is 1.26. The van der Waals surface area contributed by atoms with E-state index >= 15 is 0 Å². The van der Waals surface area contributed by atoms with E-state index in [4.69, 9.17) is 9.47 Å². The summed E-state index contributed by atoms with van der Waals surface area (Å²) in [4.78, 5) is 40.0. The van der Waals surface area contributed by atoms with Crippen molar-refractivity contribution in [1.29, 1.82) is 0 Å². The van der Waals surface area contributed by atoms with Crippen molar-refractivity contribution in [3.05, 3.63) is 52.9 Å². The third kappa shape index (κ3) is 3.99. The van der Waals surface area contributed by atoms with Crippen LogP contribution in [-0.4, -0.2) is 80.9 Å². The van der Waals surface area contributed by atoms with Gasteiger partial charge in [-0.3, -0.25) is 14.9 Å². The summed E-state index contributed by atoms with van der Waals surface area (Å²) in [6, 6.07) is 4.33. The molecule has 1 amide bonds. The summed E-state index contributed by atoms with van der Waals surface area (Å²) in [5, 5.41) is 15.6. The number of amides is 1. The van der Waals surface area contributed by atoms with Gasteiger partial charge < -0.3 is 19.3 Å². The van der Waals surface area contributed by atoms with Crippen LogP contribution in [-0.2, 0) is 0 Å². The van der Waals surface area contributed by atoms with E-state index < -0.39 is 10.8 Å². The minimum Gasteiger partial charge on any atom is -0.493 e. The maximum absolute atomic E-state index is 13.1. The molecule has 13 nitrogen and oxygen atoms in total. The van der Waals surface area contributed by atoms with E-state index in [1.807, 2.05) is 4.90 Å². The molecule has 0 atom stereocenters. The number of hydrogen-bond donors (Lipinski definition) is 0. The zero-order valence-electron chi connectivity index (χ0n) is 17.4. The first kappa shape index (κ1) is 21.0. The van der Waals surface area contributed by atoms with E-state index in [0.29, 0.717) is 37.8 Å². The molecule has 4 rings (SSSR count). The molecule has 2 aromatic heterocycles. The van der Waals surface area contributed by atoms with E-state index in [9.17, 15) is 14.9 Å². The van der Waals surface area contributed by atoms with Gasteiger partial charge in [-0.05, 0) is 0 Å². The van der Waals surface area contributed by atoms with Crippen molar-refractivity contribution in [2.24, 2.45) is 0 Å². The number of anilines is 1. The van der Waals surface area contributed by atoms with Gasteiger partial charge >= 0.3 is 0 Å². The fraction of sp³-hybridized carbons (Fsp3) is 0.316. The van der Waals surface area contributed by atoms with Crippen LogP contribution in [0, 0.1) is 10.1 Å². The van der Waals surface area contributed by atoms with Crippen LogP contribution in [0.25, 0.3) is 5.82 Å². The van der Waals surface area contributed by atoms with Gasteiger partial charge in [0, 0.05) is 38.3 Å². The number of carbonyl (C=O) groups is 1. The second-order valence-corrected chi connectivity index (χ2v) is 6.84. The first-order valence-corrected chi connectivity index (χ1v) is 9.63. The highest BCUT2D eigenvalue weighted by molar-refractivity contribution is 5.99. The topological polar surface area (TPSA) is 142 Å². The number of hydrogen-bond acceptors (Lipinski definition) is 10. The number of ether oxygens (including phenoxy) is 2. The van der Waals surface area contributed by atoms with E-state index in [1.165, 1.54) is 43.7 Å². The molecule has 13 heteroatoms. The number of nitrogens with zero attached hydrogens (tertiary/aromatic N) is 8. The van der Waals surface area contributed by atoms with Crippen LogP contribution in [0.4, 0.5) is 11.5 Å². The molecule has 0 saturated carbocycles. The zero-order valence-corrected chi connectivity index (χ0v) is 17.4. The van der Waals surface area contributed by atoms with Gasteiger partial charge in [-0.15, -0.1) is 0 Å². The smallest absolute Gasteiger partial charge is 0.286 e.